The van der Waals surface area contributed by atoms with E-state index in [1.165, 1.54) is 6.07 Å². The van der Waals surface area contributed by atoms with E-state index in [0.29, 0.717) is 11.1 Å². The lowest BCUT2D eigenvalue weighted by molar-refractivity contribution is 0.0940. The molecule has 2 aromatic carbocycles. The Bertz CT molecular complexity index is 625. The number of halogens is 2. The summed E-state index contributed by atoms with van der Waals surface area (Å²) in [5, 5.41) is 2.86. The highest BCUT2D eigenvalue weighted by Gasteiger charge is 2.12. The van der Waals surface area contributed by atoms with Gasteiger partial charge in [0.2, 0.25) is 0 Å². The molecule has 0 aliphatic rings. The van der Waals surface area contributed by atoms with Gasteiger partial charge >= 0.3 is 0 Å². The van der Waals surface area contributed by atoms with E-state index in [4.69, 9.17) is 0 Å². The van der Waals surface area contributed by atoms with Gasteiger partial charge in [-0.1, -0.05) is 28.1 Å². The second kappa shape index (κ2) is 6.18. The molecule has 2 rings (SSSR count). The summed E-state index contributed by atoms with van der Waals surface area (Å²) in [5.41, 5.74) is 1.92. The van der Waals surface area contributed by atoms with Crippen LogP contribution in [0.2, 0.25) is 0 Å². The maximum Gasteiger partial charge on any atom is 0.251 e. The predicted molar refractivity (Wildman–Crippen MR) is 81.2 cm³/mol. The van der Waals surface area contributed by atoms with Gasteiger partial charge in [-0.3, -0.25) is 4.79 Å². The smallest absolute Gasteiger partial charge is 0.251 e. The van der Waals surface area contributed by atoms with Crippen molar-refractivity contribution in [2.75, 3.05) is 0 Å². The Morgan fingerprint density at radius 3 is 2.45 bits per heavy atom. The molecule has 2 aromatic rings. The fraction of sp³-hybridized carbons (Fsp3) is 0.188. The van der Waals surface area contributed by atoms with Gasteiger partial charge in [0.25, 0.3) is 5.91 Å². The second-order valence-electron chi connectivity index (χ2n) is 4.71. The summed E-state index contributed by atoms with van der Waals surface area (Å²) in [6, 6.07) is 11.8. The second-order valence-corrected chi connectivity index (χ2v) is 5.63. The molecule has 0 radical (unpaired) electrons. The van der Waals surface area contributed by atoms with E-state index in [0.717, 1.165) is 10.0 Å². The van der Waals surface area contributed by atoms with Crippen molar-refractivity contribution in [1.82, 2.24) is 5.32 Å². The van der Waals surface area contributed by atoms with Gasteiger partial charge in [-0.05, 0) is 55.3 Å². The van der Waals surface area contributed by atoms with Crippen LogP contribution in [-0.2, 0) is 0 Å². The van der Waals surface area contributed by atoms with Crippen LogP contribution >= 0.6 is 15.9 Å². The van der Waals surface area contributed by atoms with Crippen molar-refractivity contribution in [3.63, 3.8) is 0 Å². The van der Waals surface area contributed by atoms with Crippen LogP contribution in [0.4, 0.5) is 4.39 Å². The lowest BCUT2D eigenvalue weighted by Gasteiger charge is -2.15. The number of rotatable bonds is 3. The van der Waals surface area contributed by atoms with Gasteiger partial charge in [-0.15, -0.1) is 0 Å². The van der Waals surface area contributed by atoms with E-state index in [2.05, 4.69) is 21.2 Å². The van der Waals surface area contributed by atoms with Crippen LogP contribution in [0.25, 0.3) is 0 Å². The molecule has 0 bridgehead atoms. The lowest BCUT2D eigenvalue weighted by Crippen LogP contribution is -2.26. The van der Waals surface area contributed by atoms with E-state index in [1.54, 1.807) is 25.1 Å². The fourth-order valence-electron chi connectivity index (χ4n) is 1.84. The third-order valence-electron chi connectivity index (χ3n) is 3.15. The zero-order chi connectivity index (χ0) is 14.7. The Hall–Kier alpha value is -1.68. The van der Waals surface area contributed by atoms with Gasteiger partial charge in [0, 0.05) is 10.0 Å². The summed E-state index contributed by atoms with van der Waals surface area (Å²) >= 11 is 3.32. The molecule has 1 unspecified atom stereocenters. The molecule has 0 aromatic heterocycles. The first-order valence-corrected chi connectivity index (χ1v) is 7.09. The average Bonchev–Trinajstić information content (AvgIpc) is 2.42. The first kappa shape index (κ1) is 14.7. The van der Waals surface area contributed by atoms with Crippen molar-refractivity contribution in [1.29, 1.82) is 0 Å². The van der Waals surface area contributed by atoms with E-state index in [1.807, 2.05) is 25.1 Å². The van der Waals surface area contributed by atoms with Crippen LogP contribution in [0.3, 0.4) is 0 Å². The monoisotopic (exact) mass is 335 g/mol. The van der Waals surface area contributed by atoms with E-state index < -0.39 is 0 Å². The van der Waals surface area contributed by atoms with Crippen LogP contribution < -0.4 is 5.32 Å². The molecule has 0 saturated carbocycles. The molecule has 0 aliphatic carbocycles. The van der Waals surface area contributed by atoms with Crippen molar-refractivity contribution in [2.24, 2.45) is 0 Å². The summed E-state index contributed by atoms with van der Waals surface area (Å²) in [4.78, 5) is 12.1. The van der Waals surface area contributed by atoms with E-state index in [9.17, 15) is 9.18 Å². The topological polar surface area (TPSA) is 29.1 Å². The van der Waals surface area contributed by atoms with Gasteiger partial charge < -0.3 is 5.32 Å². The minimum Gasteiger partial charge on any atom is -0.346 e. The summed E-state index contributed by atoms with van der Waals surface area (Å²) in [6.07, 6.45) is 0. The molecule has 0 aliphatic heterocycles. The average molecular weight is 336 g/mol. The molecule has 0 heterocycles. The van der Waals surface area contributed by atoms with Crippen molar-refractivity contribution in [2.45, 2.75) is 19.9 Å². The molecule has 0 saturated heterocycles. The zero-order valence-electron chi connectivity index (χ0n) is 11.3. The highest BCUT2D eigenvalue weighted by atomic mass is 79.9. The van der Waals surface area contributed by atoms with Gasteiger partial charge in [-0.2, -0.15) is 0 Å². The summed E-state index contributed by atoms with van der Waals surface area (Å²) < 4.78 is 14.4. The van der Waals surface area contributed by atoms with Crippen LogP contribution in [0.1, 0.15) is 34.5 Å². The molecule has 0 spiro atoms. The maximum absolute atomic E-state index is 13.5. The Balaban J connectivity index is 2.10. The van der Waals surface area contributed by atoms with Crippen LogP contribution in [0, 0.1) is 12.7 Å². The lowest BCUT2D eigenvalue weighted by atomic mass is 10.1. The van der Waals surface area contributed by atoms with Crippen molar-refractivity contribution in [3.8, 4) is 0 Å². The summed E-state index contributed by atoms with van der Waals surface area (Å²) in [7, 11) is 0. The van der Waals surface area contributed by atoms with Crippen molar-refractivity contribution >= 4 is 21.8 Å². The van der Waals surface area contributed by atoms with E-state index in [-0.39, 0.29) is 17.8 Å². The van der Waals surface area contributed by atoms with Crippen LogP contribution in [-0.4, -0.2) is 5.91 Å². The number of nitrogens with one attached hydrogen (secondary N) is 1. The first-order valence-electron chi connectivity index (χ1n) is 6.30. The van der Waals surface area contributed by atoms with Gasteiger partial charge in [0.05, 0.1) is 6.04 Å². The fourth-order valence-corrected chi connectivity index (χ4v) is 2.11. The van der Waals surface area contributed by atoms with Crippen molar-refractivity contribution < 1.29 is 9.18 Å². The number of carbonyl (C=O) groups excluding carboxylic acids is 1. The van der Waals surface area contributed by atoms with Crippen LogP contribution in [0.15, 0.2) is 46.9 Å². The Morgan fingerprint density at radius 1 is 1.20 bits per heavy atom. The summed E-state index contributed by atoms with van der Waals surface area (Å²) in [6.45, 7) is 3.55. The standard InChI is InChI=1S/C16H15BrFNO/c1-10-3-4-13(9-15(10)18)11(2)19-16(20)12-5-7-14(17)8-6-12/h3-9,11H,1-2H3,(H,19,20). The molecule has 20 heavy (non-hydrogen) atoms. The number of carbonyl (C=O) groups is 1. The normalized spacial score (nSPS) is 12.0. The minimum absolute atomic E-state index is 0.175. The number of aryl methyl sites for hydroxylation is 1. The van der Waals surface area contributed by atoms with Gasteiger partial charge in [0.1, 0.15) is 5.82 Å². The minimum atomic E-state index is -0.257. The molecule has 0 fully saturated rings. The van der Waals surface area contributed by atoms with Crippen LogP contribution in [0.5, 0.6) is 0 Å². The molecule has 1 atom stereocenters. The van der Waals surface area contributed by atoms with Crippen molar-refractivity contribution in [3.05, 3.63) is 69.4 Å². The molecule has 2 nitrogen and oxygen atoms in total. The third kappa shape index (κ3) is 3.45. The summed E-state index contributed by atoms with van der Waals surface area (Å²) in [5.74, 6) is -0.432. The maximum atomic E-state index is 13.5. The number of amides is 1. The largest absolute Gasteiger partial charge is 0.346 e. The Labute approximate surface area is 126 Å². The Kier molecular flexibility index (Phi) is 4.55. The number of hydrogen-bond donors (Lipinski definition) is 1. The molecular formula is C16H15BrFNO. The SMILES string of the molecule is Cc1ccc(C(C)NC(=O)c2ccc(Br)cc2)cc1F. The molecule has 4 heteroatoms. The Morgan fingerprint density at radius 2 is 1.85 bits per heavy atom. The van der Waals surface area contributed by atoms with Gasteiger partial charge in [-0.25, -0.2) is 4.39 Å². The molecule has 1 amide bonds. The quantitative estimate of drug-likeness (QED) is 0.885. The first-order chi connectivity index (χ1) is 9.47. The zero-order valence-corrected chi connectivity index (χ0v) is 12.9. The molecule has 1 N–H and O–H groups in total. The highest BCUT2D eigenvalue weighted by molar-refractivity contribution is 9.10. The third-order valence-corrected chi connectivity index (χ3v) is 3.68. The highest BCUT2D eigenvalue weighted by Crippen LogP contribution is 2.17. The number of hydrogen-bond acceptors (Lipinski definition) is 1. The van der Waals surface area contributed by atoms with Gasteiger partial charge in [0.15, 0.2) is 0 Å². The predicted octanol–water partition coefficient (Wildman–Crippen LogP) is 4.39. The number of benzene rings is 2. The van der Waals surface area contributed by atoms with E-state index >= 15 is 0 Å². The molecular weight excluding hydrogens is 321 g/mol. The molecule has 104 valence electrons.